The predicted octanol–water partition coefficient (Wildman–Crippen LogP) is 3.20. The summed E-state index contributed by atoms with van der Waals surface area (Å²) in [6.45, 7) is 3.52. The van der Waals surface area contributed by atoms with Gasteiger partial charge in [0, 0.05) is 11.8 Å². The number of anilines is 1. The lowest BCUT2D eigenvalue weighted by Crippen LogP contribution is -2.40. The van der Waals surface area contributed by atoms with Gasteiger partial charge < -0.3 is 0 Å². The normalized spacial score (nSPS) is 37.2. The Hall–Kier alpha value is -2.18. The highest BCUT2D eigenvalue weighted by Crippen LogP contribution is 2.68. The maximum atomic E-state index is 13.0. The van der Waals surface area contributed by atoms with Crippen LogP contribution >= 0.6 is 0 Å². The summed E-state index contributed by atoms with van der Waals surface area (Å²) in [7, 11) is 0. The molecule has 1 heterocycles. The van der Waals surface area contributed by atoms with Crippen molar-refractivity contribution in [2.75, 3.05) is 4.90 Å². The third-order valence-electron chi connectivity index (χ3n) is 6.15. The minimum Gasteiger partial charge on any atom is -0.299 e. The lowest BCUT2D eigenvalue weighted by atomic mass is 9.68. The average molecular weight is 351 g/mol. The smallest absolute Gasteiger partial charge is 0.299 e. The van der Waals surface area contributed by atoms with E-state index in [1.807, 2.05) is 6.92 Å². The molecule has 3 fully saturated rings. The van der Waals surface area contributed by atoms with E-state index in [0.717, 1.165) is 17.0 Å². The third-order valence-corrected chi connectivity index (χ3v) is 6.15. The van der Waals surface area contributed by atoms with Gasteiger partial charge in [-0.2, -0.15) is 13.2 Å². The van der Waals surface area contributed by atoms with Crippen molar-refractivity contribution in [3.05, 3.63) is 29.8 Å². The number of fused-ring (bicyclic) bond motifs is 5. The van der Waals surface area contributed by atoms with Crippen molar-refractivity contribution in [1.29, 1.82) is 0 Å². The first-order valence-corrected chi connectivity index (χ1v) is 8.07. The van der Waals surface area contributed by atoms with Gasteiger partial charge in [0.1, 0.15) is 5.78 Å². The lowest BCUT2D eigenvalue weighted by Gasteiger charge is -2.30. The summed E-state index contributed by atoms with van der Waals surface area (Å²) in [6, 6.07) is 4.20. The van der Waals surface area contributed by atoms with E-state index in [4.69, 9.17) is 0 Å². The second-order valence-electron chi connectivity index (χ2n) is 7.86. The summed E-state index contributed by atoms with van der Waals surface area (Å²) in [5, 5.41) is 0. The van der Waals surface area contributed by atoms with Crippen molar-refractivity contribution in [3.8, 4) is 0 Å². The van der Waals surface area contributed by atoms with Crippen LogP contribution in [0, 0.1) is 22.7 Å². The number of benzene rings is 1. The number of hydrogen-bond donors (Lipinski definition) is 0. The fourth-order valence-corrected chi connectivity index (χ4v) is 5.16. The molecule has 1 aromatic rings. The van der Waals surface area contributed by atoms with Gasteiger partial charge in [-0.15, -0.1) is 0 Å². The minimum absolute atomic E-state index is 0.0386. The van der Waals surface area contributed by atoms with Crippen molar-refractivity contribution in [1.82, 2.24) is 0 Å². The number of nitrogens with zero attached hydrogens (tertiary/aromatic N) is 1. The Balaban J connectivity index is 1.79. The molecule has 2 saturated carbocycles. The number of imide groups is 1. The molecule has 25 heavy (non-hydrogen) atoms. The van der Waals surface area contributed by atoms with Crippen molar-refractivity contribution in [2.45, 2.75) is 32.9 Å². The van der Waals surface area contributed by atoms with Crippen LogP contribution in [-0.4, -0.2) is 17.6 Å². The monoisotopic (exact) mass is 351 g/mol. The zero-order valence-corrected chi connectivity index (χ0v) is 13.7. The Morgan fingerprint density at radius 2 is 1.72 bits per heavy atom. The molecule has 3 aliphatic rings. The van der Waals surface area contributed by atoms with Gasteiger partial charge in [-0.05, 0) is 30.0 Å². The Morgan fingerprint density at radius 3 is 2.36 bits per heavy atom. The summed E-state index contributed by atoms with van der Waals surface area (Å²) in [5.74, 6) is -2.51. The van der Waals surface area contributed by atoms with Gasteiger partial charge >= 0.3 is 6.18 Å². The molecule has 0 N–H and O–H groups in total. The van der Waals surface area contributed by atoms with Crippen LogP contribution in [0.2, 0.25) is 0 Å². The van der Waals surface area contributed by atoms with E-state index >= 15 is 0 Å². The summed E-state index contributed by atoms with van der Waals surface area (Å²) in [4.78, 5) is 39.0. The number of Topliss-reactive ketones (excluding diaryl/α,β-unsaturated/α-hetero) is 1. The molecule has 1 saturated heterocycles. The predicted molar refractivity (Wildman–Crippen MR) is 81.4 cm³/mol. The van der Waals surface area contributed by atoms with Crippen LogP contribution in [0.5, 0.6) is 0 Å². The molecular weight excluding hydrogens is 335 g/mol. The summed E-state index contributed by atoms with van der Waals surface area (Å²) < 4.78 is 38.9. The molecule has 1 aromatic carbocycles. The Bertz CT molecular complexity index is 833. The van der Waals surface area contributed by atoms with Gasteiger partial charge in [0.2, 0.25) is 11.8 Å². The molecule has 2 amide bonds. The molecule has 2 aliphatic carbocycles. The molecule has 4 atom stereocenters. The maximum Gasteiger partial charge on any atom is 0.416 e. The second-order valence-corrected chi connectivity index (χ2v) is 7.86. The number of hydrogen-bond acceptors (Lipinski definition) is 3. The molecule has 0 spiro atoms. The van der Waals surface area contributed by atoms with Crippen molar-refractivity contribution < 1.29 is 27.6 Å². The van der Waals surface area contributed by atoms with E-state index in [9.17, 15) is 27.6 Å². The number of amides is 2. The van der Waals surface area contributed by atoms with E-state index in [-0.39, 0.29) is 17.9 Å². The van der Waals surface area contributed by atoms with Crippen LogP contribution in [0.3, 0.4) is 0 Å². The van der Waals surface area contributed by atoms with Gasteiger partial charge in [-0.1, -0.05) is 19.9 Å². The first-order chi connectivity index (χ1) is 11.5. The van der Waals surface area contributed by atoms with Gasteiger partial charge in [-0.25, -0.2) is 4.90 Å². The quantitative estimate of drug-likeness (QED) is 0.730. The minimum atomic E-state index is -4.56. The number of halogens is 3. The standard InChI is InChI=1S/C18H16F3NO3/c1-16-7-11(23)17(2,8-16)13-12(16)14(24)22(15(13)25)10-5-3-4-9(6-10)18(19,20)21/h3-6,12-13H,7-8H2,1-2H3/t12-,13+,16-,17-/m1/s1. The van der Waals surface area contributed by atoms with Crippen LogP contribution in [0.4, 0.5) is 18.9 Å². The second kappa shape index (κ2) is 4.51. The molecule has 0 radical (unpaired) electrons. The Labute approximate surface area is 142 Å². The number of carbonyl (C=O) groups excluding carboxylic acids is 3. The summed E-state index contributed by atoms with van der Waals surface area (Å²) in [5.41, 5.74) is -2.50. The van der Waals surface area contributed by atoms with Crippen molar-refractivity contribution in [3.63, 3.8) is 0 Å². The molecule has 1 aliphatic heterocycles. The van der Waals surface area contributed by atoms with E-state index in [0.29, 0.717) is 6.42 Å². The molecule has 4 nitrogen and oxygen atoms in total. The first-order valence-electron chi connectivity index (χ1n) is 8.07. The lowest BCUT2D eigenvalue weighted by molar-refractivity contribution is -0.138. The number of ketones is 1. The van der Waals surface area contributed by atoms with E-state index in [1.54, 1.807) is 6.92 Å². The van der Waals surface area contributed by atoms with Gasteiger partial charge in [0.15, 0.2) is 0 Å². The third kappa shape index (κ3) is 1.92. The first kappa shape index (κ1) is 16.3. The average Bonchev–Trinajstić information content (AvgIpc) is 3.00. The molecule has 7 heteroatoms. The molecule has 2 bridgehead atoms. The summed E-state index contributed by atoms with van der Waals surface area (Å²) >= 11 is 0. The van der Waals surface area contributed by atoms with Crippen LogP contribution in [-0.2, 0) is 20.6 Å². The van der Waals surface area contributed by atoms with Gasteiger partial charge in [-0.3, -0.25) is 14.4 Å². The van der Waals surface area contributed by atoms with Crippen LogP contribution < -0.4 is 4.90 Å². The number of rotatable bonds is 1. The van der Waals surface area contributed by atoms with Crippen LogP contribution in [0.25, 0.3) is 0 Å². The highest BCUT2D eigenvalue weighted by Gasteiger charge is 2.74. The van der Waals surface area contributed by atoms with Crippen LogP contribution in [0.15, 0.2) is 24.3 Å². The van der Waals surface area contributed by atoms with Crippen molar-refractivity contribution in [2.24, 2.45) is 22.7 Å². The maximum absolute atomic E-state index is 13.0. The molecule has 4 rings (SSSR count). The number of alkyl halides is 3. The van der Waals surface area contributed by atoms with E-state index in [2.05, 4.69) is 0 Å². The van der Waals surface area contributed by atoms with Gasteiger partial charge in [0.25, 0.3) is 0 Å². The largest absolute Gasteiger partial charge is 0.416 e. The topological polar surface area (TPSA) is 54.5 Å². The molecular formula is C18H16F3NO3. The van der Waals surface area contributed by atoms with E-state index < -0.39 is 46.2 Å². The zero-order valence-electron chi connectivity index (χ0n) is 13.7. The SMILES string of the molecule is C[C@@]12CC(=O)[C@@](C)(C1)[C@@H]1C(=O)N(c3cccc(C(F)(F)F)c3)C(=O)[C@@H]12. The number of carbonyl (C=O) groups is 3. The molecule has 0 unspecified atom stereocenters. The summed E-state index contributed by atoms with van der Waals surface area (Å²) in [6.07, 6.45) is -3.85. The zero-order chi connectivity index (χ0) is 18.4. The van der Waals surface area contributed by atoms with Crippen LogP contribution in [0.1, 0.15) is 32.3 Å². The van der Waals surface area contributed by atoms with Gasteiger partial charge in [0.05, 0.1) is 23.1 Å². The fourth-order valence-electron chi connectivity index (χ4n) is 5.16. The molecule has 0 aromatic heterocycles. The Morgan fingerprint density at radius 1 is 1.08 bits per heavy atom. The molecule has 132 valence electrons. The highest BCUT2D eigenvalue weighted by molar-refractivity contribution is 6.24. The Kier molecular flexibility index (Phi) is 2.94. The fraction of sp³-hybridized carbons (Fsp3) is 0.500. The van der Waals surface area contributed by atoms with E-state index in [1.165, 1.54) is 12.1 Å². The van der Waals surface area contributed by atoms with Crippen molar-refractivity contribution >= 4 is 23.3 Å². The highest BCUT2D eigenvalue weighted by atomic mass is 19.4.